The number of rotatable bonds is 4. The molecule has 26 heavy (non-hydrogen) atoms. The molecule has 2 aromatic rings. The lowest BCUT2D eigenvalue weighted by Gasteiger charge is -2.29. The molecule has 0 spiro atoms. The van der Waals surface area contributed by atoms with Gasteiger partial charge in [-0.3, -0.25) is 0 Å². The third-order valence-electron chi connectivity index (χ3n) is 4.87. The number of nitrogens with zero attached hydrogens (tertiary/aromatic N) is 3. The molecule has 4 rings (SSSR count). The first-order valence-corrected chi connectivity index (χ1v) is 8.97. The Morgan fingerprint density at radius 3 is 2.92 bits per heavy atom. The van der Waals surface area contributed by atoms with Gasteiger partial charge in [0, 0.05) is 30.8 Å². The molecule has 2 aliphatic heterocycles. The van der Waals surface area contributed by atoms with Crippen molar-refractivity contribution >= 4 is 11.8 Å². The lowest BCUT2D eigenvalue weighted by Crippen LogP contribution is -2.37. The normalized spacial score (nSPS) is 19.6. The summed E-state index contributed by atoms with van der Waals surface area (Å²) in [4.78, 5) is 11.0. The SMILES string of the molecule is COc1cccc2c1OCC(Cc1cc(N3CCOCC3)nc(N)n1)C2. The number of hydrogen-bond acceptors (Lipinski definition) is 7. The molecule has 0 saturated carbocycles. The highest BCUT2D eigenvalue weighted by molar-refractivity contribution is 5.48. The Morgan fingerprint density at radius 1 is 1.27 bits per heavy atom. The van der Waals surface area contributed by atoms with Crippen molar-refractivity contribution < 1.29 is 14.2 Å². The number of ether oxygens (including phenoxy) is 3. The second-order valence-corrected chi connectivity index (χ2v) is 6.71. The number of aromatic nitrogens is 2. The Kier molecular flexibility index (Phi) is 4.79. The predicted molar refractivity (Wildman–Crippen MR) is 98.9 cm³/mol. The van der Waals surface area contributed by atoms with E-state index in [1.165, 1.54) is 5.56 Å². The zero-order chi connectivity index (χ0) is 17.9. The molecule has 1 aromatic heterocycles. The van der Waals surface area contributed by atoms with Gasteiger partial charge in [0.05, 0.1) is 26.9 Å². The van der Waals surface area contributed by atoms with Gasteiger partial charge in [-0.2, -0.15) is 4.98 Å². The second kappa shape index (κ2) is 7.37. The smallest absolute Gasteiger partial charge is 0.222 e. The predicted octanol–water partition coefficient (Wildman–Crippen LogP) is 1.70. The standard InChI is InChI=1S/C19H24N4O3/c1-24-16-4-2-3-14-9-13(12-26-18(14)16)10-15-11-17(22-19(20)21-15)23-5-7-25-8-6-23/h2-4,11,13H,5-10,12H2,1H3,(H2,20,21,22). The van der Waals surface area contributed by atoms with Crippen LogP contribution in [0.5, 0.6) is 11.5 Å². The molecule has 1 fully saturated rings. The Hall–Kier alpha value is -2.54. The van der Waals surface area contributed by atoms with Gasteiger partial charge in [0.15, 0.2) is 11.5 Å². The molecule has 1 saturated heterocycles. The summed E-state index contributed by atoms with van der Waals surface area (Å²) in [6.45, 7) is 3.73. The summed E-state index contributed by atoms with van der Waals surface area (Å²) in [5.41, 5.74) is 8.09. The van der Waals surface area contributed by atoms with Crippen LogP contribution in [0.15, 0.2) is 24.3 Å². The molecule has 0 bridgehead atoms. The van der Waals surface area contributed by atoms with Gasteiger partial charge in [-0.1, -0.05) is 12.1 Å². The summed E-state index contributed by atoms with van der Waals surface area (Å²) >= 11 is 0. The highest BCUT2D eigenvalue weighted by Crippen LogP contribution is 2.36. The van der Waals surface area contributed by atoms with Crippen molar-refractivity contribution in [3.05, 3.63) is 35.5 Å². The monoisotopic (exact) mass is 356 g/mol. The van der Waals surface area contributed by atoms with Gasteiger partial charge in [-0.05, 0) is 24.5 Å². The highest BCUT2D eigenvalue weighted by atomic mass is 16.5. The van der Waals surface area contributed by atoms with Gasteiger partial charge >= 0.3 is 0 Å². The number of para-hydroxylation sites is 1. The second-order valence-electron chi connectivity index (χ2n) is 6.71. The van der Waals surface area contributed by atoms with Crippen molar-refractivity contribution in [2.45, 2.75) is 12.8 Å². The number of fused-ring (bicyclic) bond motifs is 1. The van der Waals surface area contributed by atoms with Crippen molar-refractivity contribution in [1.82, 2.24) is 9.97 Å². The van der Waals surface area contributed by atoms with Crippen LogP contribution in [0, 0.1) is 5.92 Å². The summed E-state index contributed by atoms with van der Waals surface area (Å²) in [6.07, 6.45) is 1.74. The van der Waals surface area contributed by atoms with Gasteiger partial charge in [-0.15, -0.1) is 0 Å². The summed E-state index contributed by atoms with van der Waals surface area (Å²) in [5.74, 6) is 3.21. The van der Waals surface area contributed by atoms with E-state index in [2.05, 4.69) is 20.9 Å². The van der Waals surface area contributed by atoms with Crippen LogP contribution in [-0.4, -0.2) is 50.0 Å². The maximum atomic E-state index is 5.98. The molecule has 7 nitrogen and oxygen atoms in total. The maximum Gasteiger partial charge on any atom is 0.222 e. The Balaban J connectivity index is 1.50. The average Bonchev–Trinajstić information content (AvgIpc) is 2.67. The summed E-state index contributed by atoms with van der Waals surface area (Å²) in [5, 5.41) is 0. The number of benzene rings is 1. The fraction of sp³-hybridized carbons (Fsp3) is 0.474. The molecule has 0 aliphatic carbocycles. The first-order valence-electron chi connectivity index (χ1n) is 8.97. The number of anilines is 2. The van der Waals surface area contributed by atoms with Crippen molar-refractivity contribution in [3.63, 3.8) is 0 Å². The van der Waals surface area contributed by atoms with Crippen molar-refractivity contribution in [3.8, 4) is 11.5 Å². The first-order chi connectivity index (χ1) is 12.7. The molecule has 1 atom stereocenters. The molecule has 1 unspecified atom stereocenters. The molecule has 3 heterocycles. The molecule has 0 radical (unpaired) electrons. The van der Waals surface area contributed by atoms with Crippen LogP contribution >= 0.6 is 0 Å². The van der Waals surface area contributed by atoms with Gasteiger partial charge in [0.25, 0.3) is 0 Å². The fourth-order valence-corrected chi connectivity index (χ4v) is 3.61. The summed E-state index contributed by atoms with van der Waals surface area (Å²) < 4.78 is 16.8. The van der Waals surface area contributed by atoms with Gasteiger partial charge < -0.3 is 24.8 Å². The van der Waals surface area contributed by atoms with Gasteiger partial charge in [0.1, 0.15) is 5.82 Å². The Bertz CT molecular complexity index is 777. The molecule has 7 heteroatoms. The number of nitrogens with two attached hydrogens (primary N) is 1. The minimum absolute atomic E-state index is 0.322. The van der Waals surface area contributed by atoms with Crippen molar-refractivity contribution in [2.75, 3.05) is 50.7 Å². The van der Waals surface area contributed by atoms with Crippen LogP contribution in [0.2, 0.25) is 0 Å². The zero-order valence-corrected chi connectivity index (χ0v) is 15.0. The average molecular weight is 356 g/mol. The largest absolute Gasteiger partial charge is 0.493 e. The third-order valence-corrected chi connectivity index (χ3v) is 4.87. The van der Waals surface area contributed by atoms with E-state index in [-0.39, 0.29) is 0 Å². The minimum atomic E-state index is 0.322. The van der Waals surface area contributed by atoms with E-state index in [0.717, 1.165) is 48.9 Å². The van der Waals surface area contributed by atoms with Crippen molar-refractivity contribution in [1.29, 1.82) is 0 Å². The number of methoxy groups -OCH3 is 1. The minimum Gasteiger partial charge on any atom is -0.493 e. The van der Waals surface area contributed by atoms with E-state index >= 15 is 0 Å². The van der Waals surface area contributed by atoms with Crippen LogP contribution in [-0.2, 0) is 17.6 Å². The van der Waals surface area contributed by atoms with Crippen LogP contribution in [0.4, 0.5) is 11.8 Å². The van der Waals surface area contributed by atoms with E-state index in [1.807, 2.05) is 18.2 Å². The van der Waals surface area contributed by atoms with Crippen molar-refractivity contribution in [2.24, 2.45) is 5.92 Å². The van der Waals surface area contributed by atoms with Crippen LogP contribution in [0.25, 0.3) is 0 Å². The molecule has 138 valence electrons. The molecule has 2 N–H and O–H groups in total. The van der Waals surface area contributed by atoms with Crippen LogP contribution in [0.1, 0.15) is 11.3 Å². The third kappa shape index (κ3) is 3.53. The topological polar surface area (TPSA) is 82.7 Å². The maximum absolute atomic E-state index is 5.98. The Morgan fingerprint density at radius 2 is 2.12 bits per heavy atom. The molecular formula is C19H24N4O3. The van der Waals surface area contributed by atoms with E-state index in [9.17, 15) is 0 Å². The Labute approximate surface area is 153 Å². The van der Waals surface area contributed by atoms with E-state index in [0.29, 0.717) is 31.7 Å². The quantitative estimate of drug-likeness (QED) is 0.893. The summed E-state index contributed by atoms with van der Waals surface area (Å²) in [6, 6.07) is 8.07. The summed E-state index contributed by atoms with van der Waals surface area (Å²) in [7, 11) is 1.67. The lowest BCUT2D eigenvalue weighted by molar-refractivity contribution is 0.122. The molecule has 1 aromatic carbocycles. The zero-order valence-electron chi connectivity index (χ0n) is 15.0. The van der Waals surface area contributed by atoms with Crippen LogP contribution in [0.3, 0.4) is 0 Å². The number of hydrogen-bond donors (Lipinski definition) is 1. The van der Waals surface area contributed by atoms with E-state index < -0.39 is 0 Å². The fourth-order valence-electron chi connectivity index (χ4n) is 3.61. The van der Waals surface area contributed by atoms with Gasteiger partial charge in [0.2, 0.25) is 5.95 Å². The number of morpholine rings is 1. The molecule has 2 aliphatic rings. The van der Waals surface area contributed by atoms with E-state index in [1.54, 1.807) is 7.11 Å². The molecular weight excluding hydrogens is 332 g/mol. The lowest BCUT2D eigenvalue weighted by atomic mass is 9.92. The van der Waals surface area contributed by atoms with Crippen LogP contribution < -0.4 is 20.1 Å². The van der Waals surface area contributed by atoms with Gasteiger partial charge in [-0.25, -0.2) is 4.98 Å². The molecule has 0 amide bonds. The number of nitrogen functional groups attached to an aromatic ring is 1. The highest BCUT2D eigenvalue weighted by Gasteiger charge is 2.24. The first kappa shape index (κ1) is 16.9. The van der Waals surface area contributed by atoms with E-state index in [4.69, 9.17) is 19.9 Å².